The van der Waals surface area contributed by atoms with Crippen LogP contribution in [0.3, 0.4) is 0 Å². The summed E-state index contributed by atoms with van der Waals surface area (Å²) in [5.74, 6) is -0.276. The number of carbonyl (C=O) groups excluding carboxylic acids is 2. The molecule has 1 aromatic carbocycles. The summed E-state index contributed by atoms with van der Waals surface area (Å²) in [7, 11) is 2.92. The fourth-order valence-electron chi connectivity index (χ4n) is 2.62. The van der Waals surface area contributed by atoms with E-state index >= 15 is 0 Å². The molecule has 0 aliphatic carbocycles. The maximum Gasteiger partial charge on any atom is 0.344 e. The maximum absolute atomic E-state index is 11.6. The van der Waals surface area contributed by atoms with Crippen LogP contribution >= 0.6 is 0 Å². The lowest BCUT2D eigenvalue weighted by Gasteiger charge is -2.13. The van der Waals surface area contributed by atoms with Gasteiger partial charge in [-0.2, -0.15) is 0 Å². The van der Waals surface area contributed by atoms with Crippen molar-refractivity contribution in [2.24, 2.45) is 0 Å². The number of hydrogen-bond donors (Lipinski definition) is 0. The number of carbonyl (C=O) groups is 2. The van der Waals surface area contributed by atoms with Crippen molar-refractivity contribution in [3.05, 3.63) is 69.8 Å². The largest absolute Gasteiger partial charge is 0.496 e. The molecule has 0 saturated carbocycles. The van der Waals surface area contributed by atoms with Crippen LogP contribution in [0.15, 0.2) is 47.6 Å². The number of benzene rings is 1. The normalized spacial score (nSPS) is 12.5. The van der Waals surface area contributed by atoms with Crippen LogP contribution in [-0.4, -0.2) is 32.8 Å². The summed E-state index contributed by atoms with van der Waals surface area (Å²) in [5, 5.41) is 0. The van der Waals surface area contributed by atoms with Gasteiger partial charge in [-0.25, -0.2) is 9.59 Å². The zero-order valence-corrected chi connectivity index (χ0v) is 18.3. The molecule has 0 aliphatic rings. The number of ether oxygens (including phenoxy) is 3. The highest BCUT2D eigenvalue weighted by Gasteiger charge is 2.08. The van der Waals surface area contributed by atoms with Crippen molar-refractivity contribution in [2.45, 2.75) is 34.6 Å². The third-order valence-electron chi connectivity index (χ3n) is 4.47. The van der Waals surface area contributed by atoms with Crippen LogP contribution in [0, 0.1) is 20.8 Å². The second-order valence-electron chi connectivity index (χ2n) is 6.73. The van der Waals surface area contributed by atoms with E-state index < -0.39 is 18.5 Å². The third kappa shape index (κ3) is 7.82. The number of rotatable bonds is 8. The van der Waals surface area contributed by atoms with Gasteiger partial charge in [0.1, 0.15) is 5.75 Å². The topological polar surface area (TPSA) is 61.8 Å². The minimum absolute atomic E-state index is 0.393. The van der Waals surface area contributed by atoms with Gasteiger partial charge in [0.2, 0.25) is 0 Å². The van der Waals surface area contributed by atoms with E-state index in [-0.39, 0.29) is 0 Å². The van der Waals surface area contributed by atoms with Crippen molar-refractivity contribution < 1.29 is 23.8 Å². The van der Waals surface area contributed by atoms with Crippen LogP contribution in [0.5, 0.6) is 5.75 Å². The van der Waals surface area contributed by atoms with Crippen LogP contribution in [0.1, 0.15) is 36.1 Å². The average Bonchev–Trinajstić information content (AvgIpc) is 2.68. The Balaban J connectivity index is 2.79. The van der Waals surface area contributed by atoms with Crippen molar-refractivity contribution in [2.75, 3.05) is 20.8 Å². The van der Waals surface area contributed by atoms with Gasteiger partial charge < -0.3 is 14.2 Å². The number of methoxy groups -OCH3 is 2. The van der Waals surface area contributed by atoms with Crippen LogP contribution in [0.25, 0.3) is 6.08 Å². The van der Waals surface area contributed by atoms with Crippen molar-refractivity contribution in [1.29, 1.82) is 0 Å². The van der Waals surface area contributed by atoms with Gasteiger partial charge in [0.05, 0.1) is 14.2 Å². The van der Waals surface area contributed by atoms with Crippen molar-refractivity contribution >= 4 is 18.0 Å². The first kappa shape index (κ1) is 24.0. The summed E-state index contributed by atoms with van der Waals surface area (Å²) in [5.41, 5.74) is 6.46. The Morgan fingerprint density at radius 1 is 1.00 bits per heavy atom. The molecule has 156 valence electrons. The Morgan fingerprint density at radius 2 is 1.69 bits per heavy atom. The SMILES string of the molecule is COC(=O)COC(=O)C=C(C)C=CC=C(C)C=Cc1c(C)cc(OC)c(C)c1C. The predicted octanol–water partition coefficient (Wildman–Crippen LogP) is 4.80. The van der Waals surface area contributed by atoms with E-state index in [0.717, 1.165) is 22.4 Å². The molecule has 1 aromatic rings. The third-order valence-corrected chi connectivity index (χ3v) is 4.47. The van der Waals surface area contributed by atoms with Crippen molar-refractivity contribution in [3.63, 3.8) is 0 Å². The molecule has 0 radical (unpaired) electrons. The summed E-state index contributed by atoms with van der Waals surface area (Å²) in [6.45, 7) is 9.61. The summed E-state index contributed by atoms with van der Waals surface area (Å²) < 4.78 is 14.6. The molecule has 5 heteroatoms. The minimum atomic E-state index is -0.595. The van der Waals surface area contributed by atoms with Crippen molar-refractivity contribution in [3.8, 4) is 5.75 Å². The Bertz CT molecular complexity index is 870. The first-order valence-electron chi connectivity index (χ1n) is 9.29. The molecular weight excluding hydrogens is 368 g/mol. The molecule has 5 nitrogen and oxygen atoms in total. The zero-order chi connectivity index (χ0) is 22.0. The molecule has 0 fully saturated rings. The molecule has 0 atom stereocenters. The molecule has 29 heavy (non-hydrogen) atoms. The highest BCUT2D eigenvalue weighted by molar-refractivity contribution is 5.85. The van der Waals surface area contributed by atoms with E-state index in [1.807, 2.05) is 25.1 Å². The molecule has 0 bridgehead atoms. The van der Waals surface area contributed by atoms with E-state index in [0.29, 0.717) is 5.57 Å². The second-order valence-corrected chi connectivity index (χ2v) is 6.73. The Labute approximate surface area is 173 Å². The maximum atomic E-state index is 11.6. The first-order valence-corrected chi connectivity index (χ1v) is 9.29. The van der Waals surface area contributed by atoms with Crippen LogP contribution in [0.2, 0.25) is 0 Å². The molecule has 0 saturated heterocycles. The lowest BCUT2D eigenvalue weighted by Crippen LogP contribution is -2.13. The van der Waals surface area contributed by atoms with E-state index in [1.54, 1.807) is 20.1 Å². The molecule has 0 unspecified atom stereocenters. The number of aryl methyl sites for hydroxylation is 1. The average molecular weight is 398 g/mol. The molecule has 1 rings (SSSR count). The van der Waals surface area contributed by atoms with Crippen LogP contribution < -0.4 is 4.74 Å². The summed E-state index contributed by atoms with van der Waals surface area (Å²) in [4.78, 5) is 22.5. The lowest BCUT2D eigenvalue weighted by molar-refractivity contribution is -0.154. The van der Waals surface area contributed by atoms with Gasteiger partial charge in [0.25, 0.3) is 0 Å². The minimum Gasteiger partial charge on any atom is -0.496 e. The summed E-state index contributed by atoms with van der Waals surface area (Å²) in [6.07, 6.45) is 11.1. The summed E-state index contributed by atoms with van der Waals surface area (Å²) in [6, 6.07) is 2.05. The fraction of sp³-hybridized carbons (Fsp3) is 0.333. The van der Waals surface area contributed by atoms with Gasteiger partial charge in [-0.05, 0) is 68.5 Å². The zero-order valence-electron chi connectivity index (χ0n) is 18.3. The Hall–Kier alpha value is -3.08. The molecule has 0 heterocycles. The standard InChI is InChI=1S/C24H30O5/c1-16(9-8-10-17(2)13-23(25)29-15-24(26)28-7)11-12-21-18(3)14-22(27-6)20(5)19(21)4/h8-14H,15H2,1-7H3. The molecule has 0 amide bonds. The van der Waals surface area contributed by atoms with E-state index in [1.165, 1.54) is 24.3 Å². The van der Waals surface area contributed by atoms with Gasteiger partial charge in [-0.15, -0.1) is 0 Å². The predicted molar refractivity (Wildman–Crippen MR) is 116 cm³/mol. The fourth-order valence-corrected chi connectivity index (χ4v) is 2.62. The van der Waals surface area contributed by atoms with E-state index in [4.69, 9.17) is 9.47 Å². The summed E-state index contributed by atoms with van der Waals surface area (Å²) >= 11 is 0. The highest BCUT2D eigenvalue weighted by Crippen LogP contribution is 2.28. The Morgan fingerprint density at radius 3 is 2.31 bits per heavy atom. The van der Waals surface area contributed by atoms with Gasteiger partial charge in [0, 0.05) is 6.08 Å². The van der Waals surface area contributed by atoms with Crippen LogP contribution in [-0.2, 0) is 19.1 Å². The quantitative estimate of drug-likeness (QED) is 0.358. The van der Waals surface area contributed by atoms with Gasteiger partial charge in [0.15, 0.2) is 6.61 Å². The number of allylic oxidation sites excluding steroid dienone is 6. The number of hydrogen-bond acceptors (Lipinski definition) is 5. The van der Waals surface area contributed by atoms with Crippen molar-refractivity contribution in [1.82, 2.24) is 0 Å². The first-order chi connectivity index (χ1) is 13.7. The smallest absolute Gasteiger partial charge is 0.344 e. The van der Waals surface area contributed by atoms with Gasteiger partial charge in [-0.1, -0.05) is 36.0 Å². The monoisotopic (exact) mass is 398 g/mol. The Kier molecular flexibility index (Phi) is 9.66. The van der Waals surface area contributed by atoms with Crippen LogP contribution in [0.4, 0.5) is 0 Å². The lowest BCUT2D eigenvalue weighted by atomic mass is 9.96. The molecular formula is C24H30O5. The van der Waals surface area contributed by atoms with E-state index in [2.05, 4.69) is 37.7 Å². The molecule has 0 aliphatic heterocycles. The molecule has 0 spiro atoms. The van der Waals surface area contributed by atoms with Gasteiger partial charge in [-0.3, -0.25) is 0 Å². The molecule has 0 aromatic heterocycles. The van der Waals surface area contributed by atoms with E-state index in [9.17, 15) is 9.59 Å². The molecule has 0 N–H and O–H groups in total. The second kappa shape index (κ2) is 11.7. The number of esters is 2. The highest BCUT2D eigenvalue weighted by atomic mass is 16.6. The van der Waals surface area contributed by atoms with Gasteiger partial charge >= 0.3 is 11.9 Å².